The second-order valence-electron chi connectivity index (χ2n) is 15.0. The molecule has 0 amide bonds. The Hall–Kier alpha value is -5.00. The SMILES string of the molecule is Cc1cccc2c1nc1n(-c3cc(C(C)(C)C)ccn3)c3[c-]c(Oc4[c-]c(-n5cc(-c6c(C(C)C)cccc6C(C)C)cn5)ccc4)ccc3n21.[Pt+2]. The Morgan fingerprint density at radius 3 is 2.23 bits per heavy atom. The number of nitrogens with zero attached hydrogens (tertiary/aromatic N) is 6. The van der Waals surface area contributed by atoms with E-state index in [4.69, 9.17) is 19.8 Å². The zero-order valence-corrected chi connectivity index (χ0v) is 33.1. The fourth-order valence-corrected chi connectivity index (χ4v) is 7.02. The third-order valence-electron chi connectivity index (χ3n) is 9.72. The molecule has 0 aliphatic carbocycles. The molecule has 8 rings (SSSR count). The van der Waals surface area contributed by atoms with E-state index in [9.17, 15) is 0 Å². The van der Waals surface area contributed by atoms with Gasteiger partial charge in [0.25, 0.3) is 0 Å². The fourth-order valence-electron chi connectivity index (χ4n) is 7.02. The molecule has 4 aromatic heterocycles. The normalized spacial score (nSPS) is 12.0. The minimum atomic E-state index is -0.0453. The van der Waals surface area contributed by atoms with E-state index in [1.807, 2.05) is 41.3 Å². The van der Waals surface area contributed by atoms with E-state index in [0.717, 1.165) is 50.5 Å². The number of hydrogen-bond donors (Lipinski definition) is 0. The van der Waals surface area contributed by atoms with Gasteiger partial charge in [-0.25, -0.2) is 9.97 Å². The molecule has 0 saturated heterocycles. The Balaban J connectivity index is 0.00000420. The first-order chi connectivity index (χ1) is 24.5. The number of pyridine rings is 1. The largest absolute Gasteiger partial charge is 2.00 e. The van der Waals surface area contributed by atoms with Crippen molar-refractivity contribution in [2.75, 3.05) is 0 Å². The third-order valence-corrected chi connectivity index (χ3v) is 9.72. The summed E-state index contributed by atoms with van der Waals surface area (Å²) in [5.74, 6) is 3.49. The summed E-state index contributed by atoms with van der Waals surface area (Å²) in [4.78, 5) is 9.98. The first-order valence-corrected chi connectivity index (χ1v) is 17.7. The number of benzene rings is 4. The molecular weight excluding hydrogens is 824 g/mol. The molecule has 0 aliphatic rings. The van der Waals surface area contributed by atoms with Crippen LogP contribution in [0.15, 0.2) is 97.5 Å². The molecule has 0 N–H and O–H groups in total. The van der Waals surface area contributed by atoms with Crippen LogP contribution in [0.3, 0.4) is 0 Å². The molecule has 4 heterocycles. The van der Waals surface area contributed by atoms with E-state index in [1.54, 1.807) is 0 Å². The van der Waals surface area contributed by atoms with Crippen molar-refractivity contribution in [1.82, 2.24) is 28.7 Å². The maximum atomic E-state index is 6.47. The summed E-state index contributed by atoms with van der Waals surface area (Å²) in [5.41, 5.74) is 11.9. The molecule has 0 atom stereocenters. The molecule has 0 radical (unpaired) electrons. The van der Waals surface area contributed by atoms with E-state index in [2.05, 4.69) is 137 Å². The first kappa shape index (κ1) is 35.4. The Morgan fingerprint density at radius 2 is 1.50 bits per heavy atom. The van der Waals surface area contributed by atoms with Gasteiger partial charge in [-0.05, 0) is 86.9 Å². The van der Waals surface area contributed by atoms with Crippen molar-refractivity contribution in [2.45, 2.75) is 72.6 Å². The summed E-state index contributed by atoms with van der Waals surface area (Å²) in [6, 6.07) is 34.0. The van der Waals surface area contributed by atoms with Gasteiger partial charge in [-0.1, -0.05) is 78.8 Å². The predicted octanol–water partition coefficient (Wildman–Crippen LogP) is 10.9. The zero-order valence-electron chi connectivity index (χ0n) is 30.8. The van der Waals surface area contributed by atoms with Crippen LogP contribution in [0.4, 0.5) is 0 Å². The average Bonchev–Trinajstić information content (AvgIpc) is 3.82. The van der Waals surface area contributed by atoms with E-state index in [1.165, 1.54) is 22.3 Å². The van der Waals surface area contributed by atoms with Crippen LogP contribution in [0.5, 0.6) is 11.5 Å². The quantitative estimate of drug-likeness (QED) is 0.150. The number of para-hydroxylation sites is 1. The van der Waals surface area contributed by atoms with Gasteiger partial charge in [0.1, 0.15) is 5.82 Å². The molecule has 0 unspecified atom stereocenters. The van der Waals surface area contributed by atoms with Crippen LogP contribution in [0.1, 0.15) is 82.6 Å². The molecule has 0 fully saturated rings. The Morgan fingerprint density at radius 1 is 0.788 bits per heavy atom. The summed E-state index contributed by atoms with van der Waals surface area (Å²) in [7, 11) is 0. The van der Waals surface area contributed by atoms with Crippen LogP contribution in [-0.4, -0.2) is 28.7 Å². The van der Waals surface area contributed by atoms with Crippen LogP contribution in [-0.2, 0) is 26.5 Å². The molecule has 4 aromatic carbocycles. The van der Waals surface area contributed by atoms with E-state index in [-0.39, 0.29) is 26.5 Å². The van der Waals surface area contributed by atoms with Crippen molar-refractivity contribution >= 4 is 27.8 Å². The molecule has 0 bridgehead atoms. The van der Waals surface area contributed by atoms with Gasteiger partial charge in [0.2, 0.25) is 5.78 Å². The minimum Gasteiger partial charge on any atom is -0.509 e. The van der Waals surface area contributed by atoms with Crippen LogP contribution >= 0.6 is 0 Å². The van der Waals surface area contributed by atoms with E-state index in [0.29, 0.717) is 23.3 Å². The standard InChI is InChI=1S/C44H42N6O.Pt/c1-27(2)35-15-11-16-36(28(3)4)41(35)30-25-46-48(26-30)32-13-10-14-33(23-32)51-34-18-19-37-39(24-34)50(40-22-31(20-21-45-40)44(6,7)8)43-47-42-29(5)12-9-17-38(42)49(37)43;/h9-22,25-28H,1-8H3;/q-2;+2. The van der Waals surface area contributed by atoms with Crippen molar-refractivity contribution < 1.29 is 25.8 Å². The average molecular weight is 866 g/mol. The van der Waals surface area contributed by atoms with Gasteiger partial charge >= 0.3 is 21.1 Å². The summed E-state index contributed by atoms with van der Waals surface area (Å²) in [6.07, 6.45) is 5.92. The summed E-state index contributed by atoms with van der Waals surface area (Å²) in [6.45, 7) is 17.7. The molecule has 0 aliphatic heterocycles. The molecule has 264 valence electrons. The number of rotatable bonds is 7. The number of aryl methyl sites for hydroxylation is 1. The Bertz CT molecular complexity index is 2560. The van der Waals surface area contributed by atoms with Crippen molar-refractivity contribution in [3.63, 3.8) is 0 Å². The number of imidazole rings is 2. The maximum Gasteiger partial charge on any atom is 2.00 e. The van der Waals surface area contributed by atoms with Crippen molar-refractivity contribution in [1.29, 1.82) is 0 Å². The van der Waals surface area contributed by atoms with Crippen LogP contribution < -0.4 is 4.74 Å². The number of ether oxygens (including phenoxy) is 1. The van der Waals surface area contributed by atoms with E-state index >= 15 is 0 Å². The van der Waals surface area contributed by atoms with Crippen molar-refractivity contribution in [3.8, 4) is 34.1 Å². The van der Waals surface area contributed by atoms with Gasteiger partial charge in [-0.2, -0.15) is 11.2 Å². The van der Waals surface area contributed by atoms with Gasteiger partial charge in [-0.15, -0.1) is 36.4 Å². The first-order valence-electron chi connectivity index (χ1n) is 17.7. The predicted molar refractivity (Wildman–Crippen MR) is 206 cm³/mol. The molecular formula is C44H42N6OPt. The van der Waals surface area contributed by atoms with E-state index < -0.39 is 0 Å². The second-order valence-corrected chi connectivity index (χ2v) is 15.0. The van der Waals surface area contributed by atoms with Crippen molar-refractivity contribution in [2.24, 2.45) is 0 Å². The Labute approximate surface area is 319 Å². The van der Waals surface area contributed by atoms with Gasteiger partial charge < -0.3 is 9.14 Å². The van der Waals surface area contributed by atoms with Crippen LogP contribution in [0.25, 0.3) is 50.5 Å². The monoisotopic (exact) mass is 865 g/mol. The maximum absolute atomic E-state index is 6.47. The Kier molecular flexibility index (Phi) is 9.21. The third kappa shape index (κ3) is 6.15. The molecule has 0 saturated carbocycles. The fraction of sp³-hybridized carbons (Fsp3) is 0.250. The molecule has 52 heavy (non-hydrogen) atoms. The zero-order chi connectivity index (χ0) is 35.6. The smallest absolute Gasteiger partial charge is 0.509 e. The van der Waals surface area contributed by atoms with Crippen LogP contribution in [0, 0.1) is 19.1 Å². The van der Waals surface area contributed by atoms with Crippen molar-refractivity contribution in [3.05, 3.63) is 132 Å². The number of aromatic nitrogens is 6. The molecule has 8 aromatic rings. The minimum absolute atomic E-state index is 0. The second kappa shape index (κ2) is 13.5. The van der Waals surface area contributed by atoms with Gasteiger partial charge in [-0.3, -0.25) is 9.25 Å². The topological polar surface area (TPSA) is 62.2 Å². The molecule has 8 heteroatoms. The molecule has 7 nitrogen and oxygen atoms in total. The van der Waals surface area contributed by atoms with Gasteiger partial charge in [0.15, 0.2) is 0 Å². The van der Waals surface area contributed by atoms with Gasteiger partial charge in [0, 0.05) is 29.5 Å². The summed E-state index contributed by atoms with van der Waals surface area (Å²) >= 11 is 0. The molecule has 0 spiro atoms. The summed E-state index contributed by atoms with van der Waals surface area (Å²) < 4.78 is 12.6. The van der Waals surface area contributed by atoms with Gasteiger partial charge in [0.05, 0.1) is 17.2 Å². The van der Waals surface area contributed by atoms with Crippen LogP contribution in [0.2, 0.25) is 0 Å². The number of hydrogen-bond acceptors (Lipinski definition) is 4. The number of fused-ring (bicyclic) bond motifs is 5. The summed E-state index contributed by atoms with van der Waals surface area (Å²) in [5, 5.41) is 4.77.